The van der Waals surface area contributed by atoms with Crippen molar-refractivity contribution in [3.8, 4) is 0 Å². The molecule has 1 aromatic carbocycles. The van der Waals surface area contributed by atoms with E-state index >= 15 is 0 Å². The van der Waals surface area contributed by atoms with Gasteiger partial charge in [-0.05, 0) is 24.5 Å². The molecule has 1 amide bonds. The zero-order chi connectivity index (χ0) is 14.5. The monoisotopic (exact) mass is 276 g/mol. The van der Waals surface area contributed by atoms with Crippen LogP contribution in [0.25, 0.3) is 0 Å². The van der Waals surface area contributed by atoms with Gasteiger partial charge in [-0.15, -0.1) is 0 Å². The van der Waals surface area contributed by atoms with E-state index in [-0.39, 0.29) is 11.8 Å². The molecule has 1 aliphatic heterocycles. The standard InChI is InChI=1S/C16H24N2O2/c1-12(11-20-3)8-16(19)18-10-13(2)17-9-14-6-4-5-7-15(14)18/h4-7,12-13,17H,8-11H2,1-3H3. The maximum atomic E-state index is 12.6. The lowest BCUT2D eigenvalue weighted by atomic mass is 10.1. The number of amides is 1. The number of methoxy groups -OCH3 is 1. The van der Waals surface area contributed by atoms with Gasteiger partial charge in [0.1, 0.15) is 0 Å². The number of para-hydroxylation sites is 1. The molecule has 0 fully saturated rings. The smallest absolute Gasteiger partial charge is 0.227 e. The van der Waals surface area contributed by atoms with E-state index < -0.39 is 0 Å². The Morgan fingerprint density at radius 2 is 2.25 bits per heavy atom. The molecule has 1 aliphatic rings. The Labute approximate surface area is 121 Å². The summed E-state index contributed by atoms with van der Waals surface area (Å²) in [5.74, 6) is 0.420. The average Bonchev–Trinajstić information content (AvgIpc) is 2.59. The summed E-state index contributed by atoms with van der Waals surface area (Å²) in [5, 5.41) is 3.45. The highest BCUT2D eigenvalue weighted by Crippen LogP contribution is 2.24. The van der Waals surface area contributed by atoms with Gasteiger partial charge in [0.25, 0.3) is 0 Å². The quantitative estimate of drug-likeness (QED) is 0.916. The van der Waals surface area contributed by atoms with Gasteiger partial charge in [0.05, 0.1) is 0 Å². The Hall–Kier alpha value is -1.39. The molecular weight excluding hydrogens is 252 g/mol. The van der Waals surface area contributed by atoms with Crippen molar-refractivity contribution in [2.24, 2.45) is 5.92 Å². The Balaban J connectivity index is 2.18. The third-order valence-electron chi connectivity index (χ3n) is 3.66. The van der Waals surface area contributed by atoms with Gasteiger partial charge in [-0.2, -0.15) is 0 Å². The van der Waals surface area contributed by atoms with E-state index in [9.17, 15) is 4.79 Å². The van der Waals surface area contributed by atoms with Crippen LogP contribution in [-0.4, -0.2) is 32.2 Å². The van der Waals surface area contributed by atoms with Crippen molar-refractivity contribution in [1.29, 1.82) is 0 Å². The minimum atomic E-state index is 0.178. The average molecular weight is 276 g/mol. The number of carbonyl (C=O) groups excluding carboxylic acids is 1. The minimum absolute atomic E-state index is 0.178. The Bertz CT molecular complexity index is 462. The number of rotatable bonds is 4. The van der Waals surface area contributed by atoms with Gasteiger partial charge in [0.2, 0.25) is 5.91 Å². The number of hydrogen-bond donors (Lipinski definition) is 1. The second-order valence-electron chi connectivity index (χ2n) is 5.68. The first-order valence-electron chi connectivity index (χ1n) is 7.22. The molecule has 2 unspecified atom stereocenters. The summed E-state index contributed by atoms with van der Waals surface area (Å²) < 4.78 is 5.12. The fourth-order valence-electron chi connectivity index (χ4n) is 2.63. The number of nitrogens with one attached hydrogen (secondary N) is 1. The molecule has 4 heteroatoms. The van der Waals surface area contributed by atoms with Crippen LogP contribution < -0.4 is 10.2 Å². The van der Waals surface area contributed by atoms with Crippen molar-refractivity contribution >= 4 is 11.6 Å². The highest BCUT2D eigenvalue weighted by Gasteiger charge is 2.24. The molecule has 110 valence electrons. The summed E-state index contributed by atoms with van der Waals surface area (Å²) in [6.07, 6.45) is 0.523. The van der Waals surface area contributed by atoms with Gasteiger partial charge in [0, 0.05) is 45.0 Å². The molecule has 1 aromatic rings. The first-order chi connectivity index (χ1) is 9.61. The summed E-state index contributed by atoms with van der Waals surface area (Å²) in [6.45, 7) is 6.32. The largest absolute Gasteiger partial charge is 0.384 e. The summed E-state index contributed by atoms with van der Waals surface area (Å²) in [4.78, 5) is 14.5. The lowest BCUT2D eigenvalue weighted by Gasteiger charge is -2.25. The SMILES string of the molecule is COCC(C)CC(=O)N1CC(C)NCc2ccccc21. The van der Waals surface area contributed by atoms with E-state index in [0.29, 0.717) is 19.1 Å². The van der Waals surface area contributed by atoms with E-state index in [1.165, 1.54) is 5.56 Å². The van der Waals surface area contributed by atoms with Crippen LogP contribution >= 0.6 is 0 Å². The second-order valence-corrected chi connectivity index (χ2v) is 5.68. The van der Waals surface area contributed by atoms with Crippen molar-refractivity contribution in [2.75, 3.05) is 25.2 Å². The number of fused-ring (bicyclic) bond motifs is 1. The molecule has 1 heterocycles. The molecule has 0 bridgehead atoms. The van der Waals surface area contributed by atoms with Crippen LogP contribution in [0.15, 0.2) is 24.3 Å². The van der Waals surface area contributed by atoms with E-state index in [1.54, 1.807) is 7.11 Å². The van der Waals surface area contributed by atoms with Crippen molar-refractivity contribution in [2.45, 2.75) is 32.9 Å². The van der Waals surface area contributed by atoms with Crippen molar-refractivity contribution in [3.63, 3.8) is 0 Å². The van der Waals surface area contributed by atoms with E-state index in [4.69, 9.17) is 4.74 Å². The molecule has 0 aromatic heterocycles. The maximum Gasteiger partial charge on any atom is 0.227 e. The number of nitrogens with zero attached hydrogens (tertiary/aromatic N) is 1. The van der Waals surface area contributed by atoms with Crippen LogP contribution in [0.5, 0.6) is 0 Å². The maximum absolute atomic E-state index is 12.6. The van der Waals surface area contributed by atoms with Crippen LogP contribution in [0, 0.1) is 5.92 Å². The van der Waals surface area contributed by atoms with Gasteiger partial charge in [-0.25, -0.2) is 0 Å². The topological polar surface area (TPSA) is 41.6 Å². The van der Waals surface area contributed by atoms with Crippen LogP contribution in [0.2, 0.25) is 0 Å². The third kappa shape index (κ3) is 3.58. The van der Waals surface area contributed by atoms with Crippen LogP contribution in [0.3, 0.4) is 0 Å². The van der Waals surface area contributed by atoms with E-state index in [2.05, 4.69) is 18.3 Å². The fraction of sp³-hybridized carbons (Fsp3) is 0.562. The first kappa shape index (κ1) is 15.0. The number of ether oxygens (including phenoxy) is 1. The summed E-state index contributed by atoms with van der Waals surface area (Å²) >= 11 is 0. The molecule has 0 aliphatic carbocycles. The lowest BCUT2D eigenvalue weighted by Crippen LogP contribution is -2.40. The zero-order valence-electron chi connectivity index (χ0n) is 12.6. The Morgan fingerprint density at radius 1 is 1.50 bits per heavy atom. The molecule has 1 N–H and O–H groups in total. The number of benzene rings is 1. The normalized spacial score (nSPS) is 20.1. The highest BCUT2D eigenvalue weighted by molar-refractivity contribution is 5.94. The van der Waals surface area contributed by atoms with Crippen LogP contribution in [0.1, 0.15) is 25.8 Å². The van der Waals surface area contributed by atoms with Crippen molar-refractivity contribution in [1.82, 2.24) is 5.32 Å². The minimum Gasteiger partial charge on any atom is -0.384 e. The Kier molecular flexibility index (Phi) is 5.15. The van der Waals surface area contributed by atoms with Crippen LogP contribution in [0.4, 0.5) is 5.69 Å². The van der Waals surface area contributed by atoms with Gasteiger partial charge in [0.15, 0.2) is 0 Å². The second kappa shape index (κ2) is 6.86. The molecular formula is C16H24N2O2. The summed E-state index contributed by atoms with van der Waals surface area (Å²) in [7, 11) is 1.67. The number of carbonyl (C=O) groups is 1. The Morgan fingerprint density at radius 3 is 3.00 bits per heavy atom. The fourth-order valence-corrected chi connectivity index (χ4v) is 2.63. The first-order valence-corrected chi connectivity index (χ1v) is 7.22. The molecule has 2 atom stereocenters. The van der Waals surface area contributed by atoms with Crippen molar-refractivity contribution < 1.29 is 9.53 Å². The molecule has 0 saturated carbocycles. The summed E-state index contributed by atoms with van der Waals surface area (Å²) in [5.41, 5.74) is 2.23. The van der Waals surface area contributed by atoms with Gasteiger partial charge < -0.3 is 15.0 Å². The predicted octanol–water partition coefficient (Wildman–Crippen LogP) is 2.18. The highest BCUT2D eigenvalue weighted by atomic mass is 16.5. The van der Waals surface area contributed by atoms with Gasteiger partial charge in [-0.3, -0.25) is 4.79 Å². The molecule has 0 saturated heterocycles. The van der Waals surface area contributed by atoms with E-state index in [1.807, 2.05) is 30.0 Å². The number of hydrogen-bond acceptors (Lipinski definition) is 3. The molecule has 4 nitrogen and oxygen atoms in total. The third-order valence-corrected chi connectivity index (χ3v) is 3.66. The predicted molar refractivity (Wildman–Crippen MR) is 80.8 cm³/mol. The number of anilines is 1. The molecule has 0 spiro atoms. The summed E-state index contributed by atoms with van der Waals surface area (Å²) in [6, 6.07) is 8.43. The van der Waals surface area contributed by atoms with Gasteiger partial charge >= 0.3 is 0 Å². The van der Waals surface area contributed by atoms with E-state index in [0.717, 1.165) is 18.8 Å². The lowest BCUT2D eigenvalue weighted by molar-refractivity contribution is -0.119. The van der Waals surface area contributed by atoms with Crippen LogP contribution in [-0.2, 0) is 16.1 Å². The molecule has 2 rings (SSSR count). The van der Waals surface area contributed by atoms with Crippen molar-refractivity contribution in [3.05, 3.63) is 29.8 Å². The van der Waals surface area contributed by atoms with Gasteiger partial charge in [-0.1, -0.05) is 25.1 Å². The zero-order valence-corrected chi connectivity index (χ0v) is 12.6. The molecule has 20 heavy (non-hydrogen) atoms. The molecule has 0 radical (unpaired) electrons.